The van der Waals surface area contributed by atoms with E-state index < -0.39 is 0 Å². The maximum Gasteiger partial charge on any atom is 0.506 e. The number of hydrogen-bond donors (Lipinski definition) is 1. The first-order valence-corrected chi connectivity index (χ1v) is 4.11. The molecule has 3 rings (SSSR count). The van der Waals surface area contributed by atoms with Crippen LogP contribution in [0.15, 0.2) is 24.3 Å². The second kappa shape index (κ2) is 3.44. The fourth-order valence-electron chi connectivity index (χ4n) is 0.786. The van der Waals surface area contributed by atoms with Gasteiger partial charge >= 0.3 is 10.0 Å². The van der Waals surface area contributed by atoms with Crippen molar-refractivity contribution in [3.8, 4) is 0 Å². The second-order valence-corrected chi connectivity index (χ2v) is 2.56. The second-order valence-electron chi connectivity index (χ2n) is 2.06. The van der Waals surface area contributed by atoms with Crippen molar-refractivity contribution in [1.82, 2.24) is 15.4 Å². The highest BCUT2D eigenvalue weighted by atomic mass is 28.3. The molecule has 1 aliphatic heterocycles. The molecule has 2 radical (unpaired) electrons. The van der Waals surface area contributed by atoms with Gasteiger partial charge < -0.3 is 0 Å². The SMILES string of the molecule is O1O[Si]1.c1ccc2n[nH]nc2c1. The van der Waals surface area contributed by atoms with Gasteiger partial charge in [-0.25, -0.2) is 0 Å². The van der Waals surface area contributed by atoms with Gasteiger partial charge in [0, 0.05) is 0 Å². The van der Waals surface area contributed by atoms with Crippen LogP contribution in [0.4, 0.5) is 0 Å². The van der Waals surface area contributed by atoms with E-state index in [9.17, 15) is 0 Å². The van der Waals surface area contributed by atoms with Crippen LogP contribution in [-0.4, -0.2) is 25.4 Å². The van der Waals surface area contributed by atoms with Gasteiger partial charge in [-0.1, -0.05) is 12.1 Å². The number of H-pyrrole nitrogens is 1. The first-order valence-electron chi connectivity index (χ1n) is 3.30. The molecule has 12 heavy (non-hydrogen) atoms. The lowest BCUT2D eigenvalue weighted by molar-refractivity contribution is 0.0850. The average molecular weight is 179 g/mol. The molecule has 0 aliphatic carbocycles. The Morgan fingerprint density at radius 3 is 2.00 bits per heavy atom. The van der Waals surface area contributed by atoms with Crippen LogP contribution in [0.25, 0.3) is 11.0 Å². The average Bonchev–Trinajstić information content (AvgIpc) is 2.91. The zero-order chi connectivity index (χ0) is 8.23. The standard InChI is InChI=1S/C6H5N3.O2Si/c1-2-4-6-5(3-1)7-9-8-6;1-2-3-1/h1-4H,(H,7,8,9);. The molecule has 1 aliphatic rings. The number of aromatic nitrogens is 3. The third kappa shape index (κ3) is 1.88. The summed E-state index contributed by atoms with van der Waals surface area (Å²) >= 11 is 0. The Balaban J connectivity index is 0.000000159. The smallest absolute Gasteiger partial charge is 0.253 e. The topological polar surface area (TPSA) is 66.6 Å². The summed E-state index contributed by atoms with van der Waals surface area (Å²) in [5.74, 6) is 0. The summed E-state index contributed by atoms with van der Waals surface area (Å²) in [5, 5.41) is 10.3. The van der Waals surface area contributed by atoms with E-state index in [1.54, 1.807) is 0 Å². The summed E-state index contributed by atoms with van der Waals surface area (Å²) in [6, 6.07) is 7.70. The largest absolute Gasteiger partial charge is 0.506 e. The minimum atomic E-state index is 0.333. The summed E-state index contributed by atoms with van der Waals surface area (Å²) in [5.41, 5.74) is 1.83. The fraction of sp³-hybridized carbons (Fsp3) is 0. The monoisotopic (exact) mass is 179 g/mol. The number of rotatable bonds is 0. The van der Waals surface area contributed by atoms with Crippen LogP contribution in [0.2, 0.25) is 0 Å². The predicted molar refractivity (Wildman–Crippen MR) is 41.8 cm³/mol. The molecule has 1 fully saturated rings. The van der Waals surface area contributed by atoms with Crippen LogP contribution in [0, 0.1) is 0 Å². The third-order valence-electron chi connectivity index (χ3n) is 1.31. The first-order chi connectivity index (χ1) is 5.97. The quantitative estimate of drug-likeness (QED) is 0.362. The fourth-order valence-corrected chi connectivity index (χ4v) is 0.786. The van der Waals surface area contributed by atoms with Gasteiger partial charge in [-0.2, -0.15) is 15.4 Å². The lowest BCUT2D eigenvalue weighted by atomic mass is 10.3. The van der Waals surface area contributed by atoms with Gasteiger partial charge in [0.25, 0.3) is 0 Å². The molecule has 1 aromatic carbocycles. The van der Waals surface area contributed by atoms with Crippen molar-refractivity contribution in [2.45, 2.75) is 0 Å². The Kier molecular flexibility index (Phi) is 2.12. The Morgan fingerprint density at radius 1 is 1.08 bits per heavy atom. The number of aromatic amines is 1. The summed E-state index contributed by atoms with van der Waals surface area (Å²) in [6.45, 7) is 0. The molecular formula is C6H5N3O2Si. The minimum Gasteiger partial charge on any atom is -0.253 e. The van der Waals surface area contributed by atoms with Crippen molar-refractivity contribution in [1.29, 1.82) is 0 Å². The van der Waals surface area contributed by atoms with E-state index in [0.717, 1.165) is 11.0 Å². The summed E-state index contributed by atoms with van der Waals surface area (Å²) < 4.78 is 8.06. The van der Waals surface area contributed by atoms with E-state index in [2.05, 4.69) is 24.6 Å². The zero-order valence-electron chi connectivity index (χ0n) is 6.02. The number of fused-ring (bicyclic) bond motifs is 1. The van der Waals surface area contributed by atoms with Crippen molar-refractivity contribution in [2.24, 2.45) is 0 Å². The Labute approximate surface area is 70.7 Å². The Bertz CT molecular complexity index is 329. The maximum absolute atomic E-state index is 4.03. The molecular weight excluding hydrogens is 174 g/mol. The molecule has 0 unspecified atom stereocenters. The maximum atomic E-state index is 4.03. The van der Waals surface area contributed by atoms with Crippen LogP contribution in [-0.2, 0) is 9.15 Å². The molecule has 0 atom stereocenters. The highest BCUT2D eigenvalue weighted by Gasteiger charge is 2.05. The van der Waals surface area contributed by atoms with Crippen molar-refractivity contribution < 1.29 is 9.15 Å². The molecule has 1 saturated heterocycles. The van der Waals surface area contributed by atoms with Crippen molar-refractivity contribution >= 4 is 21.0 Å². The summed E-state index contributed by atoms with van der Waals surface area (Å²) in [7, 11) is 0.333. The summed E-state index contributed by atoms with van der Waals surface area (Å²) in [4.78, 5) is 0. The molecule has 1 N–H and O–H groups in total. The van der Waals surface area contributed by atoms with E-state index in [1.807, 2.05) is 24.3 Å². The van der Waals surface area contributed by atoms with Gasteiger partial charge in [0.05, 0.1) is 0 Å². The normalized spacial score (nSPS) is 13.7. The van der Waals surface area contributed by atoms with E-state index in [1.165, 1.54) is 0 Å². The number of hydrogen-bond acceptors (Lipinski definition) is 4. The molecule has 2 heterocycles. The third-order valence-corrected chi connectivity index (χ3v) is 1.47. The number of benzene rings is 1. The van der Waals surface area contributed by atoms with Crippen LogP contribution in [0.1, 0.15) is 0 Å². The molecule has 60 valence electrons. The molecule has 0 bridgehead atoms. The molecule has 5 nitrogen and oxygen atoms in total. The van der Waals surface area contributed by atoms with Crippen LogP contribution in [0.5, 0.6) is 0 Å². The Hall–Kier alpha value is -1.24. The van der Waals surface area contributed by atoms with Gasteiger partial charge in [0.15, 0.2) is 0 Å². The highest BCUT2D eigenvalue weighted by molar-refractivity contribution is 6.24. The number of nitrogens with zero attached hydrogens (tertiary/aromatic N) is 2. The molecule has 2 aromatic rings. The van der Waals surface area contributed by atoms with E-state index in [0.29, 0.717) is 10.0 Å². The number of nitrogens with one attached hydrogen (secondary N) is 1. The first kappa shape index (κ1) is 7.41. The number of para-hydroxylation sites is 2. The zero-order valence-corrected chi connectivity index (χ0v) is 7.02. The van der Waals surface area contributed by atoms with Gasteiger partial charge in [0.2, 0.25) is 0 Å². The molecule has 6 heteroatoms. The lowest BCUT2D eigenvalue weighted by Crippen LogP contribution is -1.63. The highest BCUT2D eigenvalue weighted by Crippen LogP contribution is 2.03. The van der Waals surface area contributed by atoms with Gasteiger partial charge in [0.1, 0.15) is 11.0 Å². The van der Waals surface area contributed by atoms with E-state index in [-0.39, 0.29) is 0 Å². The predicted octanol–water partition coefficient (Wildman–Crippen LogP) is 0.440. The van der Waals surface area contributed by atoms with Gasteiger partial charge in [-0.05, 0) is 12.1 Å². The van der Waals surface area contributed by atoms with Gasteiger partial charge in [-0.3, -0.25) is 9.15 Å². The summed E-state index contributed by atoms with van der Waals surface area (Å²) in [6.07, 6.45) is 0. The lowest BCUT2D eigenvalue weighted by Gasteiger charge is -1.78. The van der Waals surface area contributed by atoms with E-state index >= 15 is 0 Å². The van der Waals surface area contributed by atoms with Crippen LogP contribution < -0.4 is 0 Å². The molecule has 0 amide bonds. The van der Waals surface area contributed by atoms with Crippen LogP contribution >= 0.6 is 0 Å². The van der Waals surface area contributed by atoms with E-state index in [4.69, 9.17) is 0 Å². The molecule has 0 saturated carbocycles. The van der Waals surface area contributed by atoms with Crippen molar-refractivity contribution in [2.75, 3.05) is 0 Å². The molecule has 0 spiro atoms. The van der Waals surface area contributed by atoms with Gasteiger partial charge in [-0.15, -0.1) is 0 Å². The molecule has 1 aromatic heterocycles. The van der Waals surface area contributed by atoms with Crippen LogP contribution in [0.3, 0.4) is 0 Å². The van der Waals surface area contributed by atoms with Crippen molar-refractivity contribution in [3.05, 3.63) is 24.3 Å². The van der Waals surface area contributed by atoms with Crippen molar-refractivity contribution in [3.63, 3.8) is 0 Å². The Morgan fingerprint density at radius 2 is 1.58 bits per heavy atom. The minimum absolute atomic E-state index is 0.333.